The van der Waals surface area contributed by atoms with Gasteiger partial charge in [-0.05, 0) is 46.3 Å². The average Bonchev–Trinajstić information content (AvgIpc) is 2.84. The van der Waals surface area contributed by atoms with Gasteiger partial charge in [0.15, 0.2) is 5.76 Å². The molecule has 18 heavy (non-hydrogen) atoms. The van der Waals surface area contributed by atoms with Crippen molar-refractivity contribution in [2.75, 3.05) is 0 Å². The van der Waals surface area contributed by atoms with E-state index in [4.69, 9.17) is 4.42 Å². The lowest BCUT2D eigenvalue weighted by Gasteiger charge is -2.07. The van der Waals surface area contributed by atoms with Gasteiger partial charge in [0.2, 0.25) is 5.78 Å². The van der Waals surface area contributed by atoms with E-state index in [2.05, 4.69) is 20.7 Å². The third-order valence-corrected chi connectivity index (χ3v) is 2.77. The first kappa shape index (κ1) is 12.8. The Morgan fingerprint density at radius 1 is 1.33 bits per heavy atom. The molecule has 2 rings (SSSR count). The van der Waals surface area contributed by atoms with Gasteiger partial charge in [0, 0.05) is 5.56 Å². The van der Waals surface area contributed by atoms with Gasteiger partial charge >= 0.3 is 6.61 Å². The topological polar surface area (TPSA) is 39.4 Å². The molecule has 1 aromatic heterocycles. The molecule has 0 aliphatic carbocycles. The minimum Gasteiger partial charge on any atom is -0.461 e. The van der Waals surface area contributed by atoms with Crippen molar-refractivity contribution in [1.82, 2.24) is 0 Å². The fourth-order valence-corrected chi connectivity index (χ4v) is 1.86. The van der Waals surface area contributed by atoms with Gasteiger partial charge in [0.25, 0.3) is 0 Å². The minimum atomic E-state index is -2.91. The highest BCUT2D eigenvalue weighted by molar-refractivity contribution is 9.10. The van der Waals surface area contributed by atoms with Crippen LogP contribution in [0.25, 0.3) is 0 Å². The first-order valence-corrected chi connectivity index (χ1v) is 5.70. The molecule has 0 aliphatic rings. The summed E-state index contributed by atoms with van der Waals surface area (Å²) in [7, 11) is 0. The standard InChI is InChI=1S/C12H7BrF2O3/c13-8-6-7(3-4-9(8)18-12(14)15)11(16)10-2-1-5-17-10/h1-6,12H. The fraction of sp³-hybridized carbons (Fsp3) is 0.0833. The van der Waals surface area contributed by atoms with E-state index in [0.29, 0.717) is 5.56 Å². The zero-order chi connectivity index (χ0) is 13.1. The summed E-state index contributed by atoms with van der Waals surface area (Å²) in [5.41, 5.74) is 0.318. The summed E-state index contributed by atoms with van der Waals surface area (Å²) in [4.78, 5) is 11.9. The van der Waals surface area contributed by atoms with E-state index in [1.807, 2.05) is 0 Å². The van der Waals surface area contributed by atoms with Crippen LogP contribution < -0.4 is 4.74 Å². The van der Waals surface area contributed by atoms with Crippen LogP contribution in [0.5, 0.6) is 5.75 Å². The van der Waals surface area contributed by atoms with Crippen molar-refractivity contribution >= 4 is 21.7 Å². The Kier molecular flexibility index (Phi) is 3.76. The van der Waals surface area contributed by atoms with Crippen LogP contribution in [0.3, 0.4) is 0 Å². The molecule has 1 heterocycles. The van der Waals surface area contributed by atoms with Crippen LogP contribution in [0.15, 0.2) is 45.5 Å². The second-order valence-electron chi connectivity index (χ2n) is 3.33. The first-order valence-electron chi connectivity index (χ1n) is 4.90. The molecule has 0 fully saturated rings. The van der Waals surface area contributed by atoms with E-state index in [0.717, 1.165) is 0 Å². The lowest BCUT2D eigenvalue weighted by atomic mass is 10.1. The third-order valence-electron chi connectivity index (χ3n) is 2.16. The minimum absolute atomic E-state index is 0.0269. The number of rotatable bonds is 4. The molecule has 0 radical (unpaired) electrons. The number of carbonyl (C=O) groups is 1. The molecule has 3 nitrogen and oxygen atoms in total. The Balaban J connectivity index is 2.26. The first-order chi connectivity index (χ1) is 8.58. The summed E-state index contributed by atoms with van der Waals surface area (Å²) in [6.07, 6.45) is 1.39. The summed E-state index contributed by atoms with van der Waals surface area (Å²) in [5, 5.41) is 0. The van der Waals surface area contributed by atoms with Gasteiger partial charge < -0.3 is 9.15 Å². The maximum Gasteiger partial charge on any atom is 0.387 e. The summed E-state index contributed by atoms with van der Waals surface area (Å²) in [6, 6.07) is 7.22. The molecular formula is C12H7BrF2O3. The predicted octanol–water partition coefficient (Wildman–Crippen LogP) is 3.87. The molecule has 0 saturated heterocycles. The van der Waals surface area contributed by atoms with E-state index >= 15 is 0 Å². The van der Waals surface area contributed by atoms with Crippen molar-refractivity contribution in [2.24, 2.45) is 0 Å². The predicted molar refractivity (Wildman–Crippen MR) is 62.9 cm³/mol. The number of ether oxygens (including phenoxy) is 1. The number of halogens is 3. The monoisotopic (exact) mass is 316 g/mol. The van der Waals surface area contributed by atoms with Crippen molar-refractivity contribution in [3.8, 4) is 5.75 Å². The Morgan fingerprint density at radius 2 is 2.11 bits per heavy atom. The van der Waals surface area contributed by atoms with Crippen LogP contribution >= 0.6 is 15.9 Å². The average molecular weight is 317 g/mol. The summed E-state index contributed by atoms with van der Waals surface area (Å²) in [6.45, 7) is -2.91. The van der Waals surface area contributed by atoms with Crippen LogP contribution in [-0.2, 0) is 0 Å². The molecule has 6 heteroatoms. The Bertz CT molecular complexity index is 552. The lowest BCUT2D eigenvalue weighted by Crippen LogP contribution is -2.04. The Hall–Kier alpha value is -1.69. The molecule has 0 unspecified atom stereocenters. The lowest BCUT2D eigenvalue weighted by molar-refractivity contribution is -0.0503. The smallest absolute Gasteiger partial charge is 0.387 e. The summed E-state index contributed by atoms with van der Waals surface area (Å²) >= 11 is 3.07. The van der Waals surface area contributed by atoms with Crippen LogP contribution in [0.1, 0.15) is 16.1 Å². The van der Waals surface area contributed by atoms with E-state index in [1.165, 1.54) is 30.5 Å². The van der Waals surface area contributed by atoms with Crippen molar-refractivity contribution in [3.05, 3.63) is 52.4 Å². The molecule has 0 aliphatic heterocycles. The highest BCUT2D eigenvalue weighted by atomic mass is 79.9. The SMILES string of the molecule is O=C(c1ccc(OC(F)F)c(Br)c1)c1ccco1. The summed E-state index contributed by atoms with van der Waals surface area (Å²) < 4.78 is 33.6. The normalized spacial score (nSPS) is 10.7. The third kappa shape index (κ3) is 2.76. The van der Waals surface area contributed by atoms with Gasteiger partial charge in [-0.15, -0.1) is 0 Å². The van der Waals surface area contributed by atoms with Crippen molar-refractivity contribution in [2.45, 2.75) is 6.61 Å². The molecule has 0 N–H and O–H groups in total. The van der Waals surface area contributed by atoms with Crippen molar-refractivity contribution in [1.29, 1.82) is 0 Å². The molecule has 94 valence electrons. The van der Waals surface area contributed by atoms with Crippen LogP contribution in [0, 0.1) is 0 Å². The zero-order valence-corrected chi connectivity index (χ0v) is 10.5. The molecule has 2 aromatic rings. The number of furan rings is 1. The fourth-order valence-electron chi connectivity index (χ4n) is 1.38. The van der Waals surface area contributed by atoms with Crippen molar-refractivity contribution in [3.63, 3.8) is 0 Å². The number of alkyl halides is 2. The van der Waals surface area contributed by atoms with E-state index in [-0.39, 0.29) is 21.8 Å². The van der Waals surface area contributed by atoms with Crippen molar-refractivity contribution < 1.29 is 22.7 Å². The maximum atomic E-state index is 12.1. The number of hydrogen-bond donors (Lipinski definition) is 0. The largest absolute Gasteiger partial charge is 0.461 e. The molecule has 0 saturated carbocycles. The van der Waals surface area contributed by atoms with Crippen LogP contribution in [0.2, 0.25) is 0 Å². The van der Waals surface area contributed by atoms with E-state index in [9.17, 15) is 13.6 Å². The Labute approximate surface area is 109 Å². The van der Waals surface area contributed by atoms with Gasteiger partial charge in [-0.25, -0.2) is 0 Å². The maximum absolute atomic E-state index is 12.1. The van der Waals surface area contributed by atoms with E-state index in [1.54, 1.807) is 6.07 Å². The van der Waals surface area contributed by atoms with Gasteiger partial charge in [0.05, 0.1) is 10.7 Å². The molecular weight excluding hydrogens is 310 g/mol. The van der Waals surface area contributed by atoms with Gasteiger partial charge in [-0.1, -0.05) is 0 Å². The van der Waals surface area contributed by atoms with Gasteiger partial charge in [-0.2, -0.15) is 8.78 Å². The van der Waals surface area contributed by atoms with Gasteiger partial charge in [-0.3, -0.25) is 4.79 Å². The second-order valence-corrected chi connectivity index (χ2v) is 4.18. The zero-order valence-electron chi connectivity index (χ0n) is 8.90. The van der Waals surface area contributed by atoms with Gasteiger partial charge in [0.1, 0.15) is 5.75 Å². The summed E-state index contributed by atoms with van der Waals surface area (Å²) in [5.74, 6) is -0.172. The number of carbonyl (C=O) groups excluding carboxylic acids is 1. The quantitative estimate of drug-likeness (QED) is 0.804. The molecule has 0 spiro atoms. The highest BCUT2D eigenvalue weighted by Crippen LogP contribution is 2.28. The Morgan fingerprint density at radius 3 is 2.67 bits per heavy atom. The van der Waals surface area contributed by atoms with Crippen LogP contribution in [-0.4, -0.2) is 12.4 Å². The number of ketones is 1. The molecule has 1 aromatic carbocycles. The number of hydrogen-bond acceptors (Lipinski definition) is 3. The van der Waals surface area contributed by atoms with Crippen LogP contribution in [0.4, 0.5) is 8.78 Å². The molecule has 0 amide bonds. The number of benzene rings is 1. The molecule has 0 bridgehead atoms. The highest BCUT2D eigenvalue weighted by Gasteiger charge is 2.15. The molecule has 0 atom stereocenters. The second kappa shape index (κ2) is 5.30. The van der Waals surface area contributed by atoms with E-state index < -0.39 is 6.61 Å².